The van der Waals surface area contributed by atoms with Crippen LogP contribution in [-0.4, -0.2) is 71.1 Å². The van der Waals surface area contributed by atoms with Crippen molar-refractivity contribution in [3.8, 4) is 0 Å². The summed E-state index contributed by atoms with van der Waals surface area (Å²) in [5.41, 5.74) is 2.08. The molecule has 2 aliphatic heterocycles. The van der Waals surface area contributed by atoms with Crippen molar-refractivity contribution in [2.24, 2.45) is 0 Å². The number of fused-ring (bicyclic) bond motifs is 1. The van der Waals surface area contributed by atoms with Gasteiger partial charge in [-0.1, -0.05) is 30.3 Å². The molecule has 7 heteroatoms. The van der Waals surface area contributed by atoms with Gasteiger partial charge in [-0.3, -0.25) is 9.69 Å². The summed E-state index contributed by atoms with van der Waals surface area (Å²) in [6, 6.07) is 12.4. The number of rotatable bonds is 3. The Morgan fingerprint density at radius 3 is 2.39 bits per heavy atom. The predicted octanol–water partition coefficient (Wildman–Crippen LogP) is 3.87. The molecule has 2 aromatic rings. The third-order valence-electron chi connectivity index (χ3n) is 5.84. The summed E-state index contributed by atoms with van der Waals surface area (Å²) in [4.78, 5) is 32.6. The van der Waals surface area contributed by atoms with E-state index in [4.69, 9.17) is 4.74 Å². The van der Waals surface area contributed by atoms with E-state index < -0.39 is 5.60 Å². The molecule has 0 bridgehead atoms. The molecule has 2 amide bonds. The number of ether oxygens (including phenoxy) is 1. The number of carbonyl (C=O) groups is 2. The van der Waals surface area contributed by atoms with Crippen LogP contribution in [0.3, 0.4) is 0 Å². The van der Waals surface area contributed by atoms with Gasteiger partial charge in [0.2, 0.25) is 0 Å². The molecular weight excluding hydrogens is 410 g/mol. The molecule has 0 saturated carbocycles. The molecule has 1 unspecified atom stereocenters. The summed E-state index contributed by atoms with van der Waals surface area (Å²) in [5.74, 6) is 0.113. The molecule has 1 aromatic heterocycles. The van der Waals surface area contributed by atoms with E-state index in [0.717, 1.165) is 30.9 Å². The van der Waals surface area contributed by atoms with Gasteiger partial charge in [0.25, 0.3) is 5.91 Å². The average Bonchev–Trinajstić information content (AvgIpc) is 3.27. The molecule has 1 fully saturated rings. The van der Waals surface area contributed by atoms with Crippen molar-refractivity contribution >= 4 is 23.3 Å². The number of thiophene rings is 1. The lowest BCUT2D eigenvalue weighted by atomic mass is 9.93. The molecule has 1 saturated heterocycles. The van der Waals surface area contributed by atoms with Crippen molar-refractivity contribution in [3.05, 3.63) is 57.8 Å². The van der Waals surface area contributed by atoms with Crippen molar-refractivity contribution in [2.45, 2.75) is 45.4 Å². The maximum atomic E-state index is 13.2. The Bertz CT molecular complexity index is 914. The van der Waals surface area contributed by atoms with Crippen LogP contribution in [0.2, 0.25) is 0 Å². The maximum Gasteiger partial charge on any atom is 0.410 e. The fraction of sp³-hybridized carbons (Fsp3) is 0.500. The first-order valence-electron chi connectivity index (χ1n) is 10.9. The molecule has 3 heterocycles. The van der Waals surface area contributed by atoms with Gasteiger partial charge in [0, 0.05) is 45.3 Å². The van der Waals surface area contributed by atoms with Crippen molar-refractivity contribution in [1.82, 2.24) is 14.7 Å². The van der Waals surface area contributed by atoms with Crippen LogP contribution < -0.4 is 0 Å². The van der Waals surface area contributed by atoms with Gasteiger partial charge < -0.3 is 14.5 Å². The topological polar surface area (TPSA) is 53.1 Å². The number of amides is 2. The highest BCUT2D eigenvalue weighted by Crippen LogP contribution is 2.27. The molecule has 0 spiro atoms. The van der Waals surface area contributed by atoms with E-state index >= 15 is 0 Å². The van der Waals surface area contributed by atoms with Crippen molar-refractivity contribution in [1.29, 1.82) is 0 Å². The third-order valence-corrected chi connectivity index (χ3v) is 6.70. The Morgan fingerprint density at radius 2 is 1.74 bits per heavy atom. The highest BCUT2D eigenvalue weighted by Gasteiger charge is 2.33. The number of carbonyl (C=O) groups excluding carboxylic acids is 2. The van der Waals surface area contributed by atoms with Crippen LogP contribution in [0.25, 0.3) is 0 Å². The van der Waals surface area contributed by atoms with E-state index in [0.29, 0.717) is 19.6 Å². The van der Waals surface area contributed by atoms with Crippen LogP contribution in [0, 0.1) is 0 Å². The van der Waals surface area contributed by atoms with Gasteiger partial charge in [0.1, 0.15) is 5.60 Å². The minimum absolute atomic E-state index is 0.113. The molecular formula is C24H31N3O3S. The molecule has 1 aromatic carbocycles. The van der Waals surface area contributed by atoms with E-state index in [1.54, 1.807) is 4.90 Å². The van der Waals surface area contributed by atoms with E-state index in [-0.39, 0.29) is 18.0 Å². The lowest BCUT2D eigenvalue weighted by molar-refractivity contribution is 0.0116. The van der Waals surface area contributed by atoms with Gasteiger partial charge in [-0.2, -0.15) is 0 Å². The number of piperazine rings is 1. The Balaban J connectivity index is 1.42. The summed E-state index contributed by atoms with van der Waals surface area (Å²) < 4.78 is 5.51. The molecule has 6 nitrogen and oxygen atoms in total. The second-order valence-corrected chi connectivity index (χ2v) is 10.3. The summed E-state index contributed by atoms with van der Waals surface area (Å²) in [7, 11) is 0. The van der Waals surface area contributed by atoms with Crippen LogP contribution in [0.15, 0.2) is 41.8 Å². The SMILES string of the molecule is CC(C)(C)OC(=O)N1CCN(CC2Cc3ccccc3CN2C(=O)c2cccs2)CC1. The first kappa shape index (κ1) is 21.8. The number of hydrogen-bond acceptors (Lipinski definition) is 5. The largest absolute Gasteiger partial charge is 0.444 e. The zero-order valence-electron chi connectivity index (χ0n) is 18.5. The normalized spacial score (nSPS) is 19.8. The second kappa shape index (κ2) is 9.01. The van der Waals surface area contributed by atoms with E-state index in [9.17, 15) is 9.59 Å². The van der Waals surface area contributed by atoms with Crippen LogP contribution >= 0.6 is 11.3 Å². The van der Waals surface area contributed by atoms with Gasteiger partial charge in [-0.25, -0.2) is 4.79 Å². The Kier molecular flexibility index (Phi) is 6.34. The number of nitrogens with zero attached hydrogens (tertiary/aromatic N) is 3. The van der Waals surface area contributed by atoms with Gasteiger partial charge in [0.15, 0.2) is 0 Å². The fourth-order valence-corrected chi connectivity index (χ4v) is 4.95. The number of benzene rings is 1. The average molecular weight is 442 g/mol. The van der Waals surface area contributed by atoms with Gasteiger partial charge in [0.05, 0.1) is 4.88 Å². The lowest BCUT2D eigenvalue weighted by Gasteiger charge is -2.42. The standard InChI is InChI=1S/C24H31N3O3S/c1-24(2,3)30-23(29)26-12-10-25(11-13-26)17-20-15-18-7-4-5-8-19(18)16-27(20)22(28)21-9-6-14-31-21/h4-9,14,20H,10-13,15-17H2,1-3H3. The number of hydrogen-bond donors (Lipinski definition) is 0. The first-order chi connectivity index (χ1) is 14.8. The van der Waals surface area contributed by atoms with Crippen molar-refractivity contribution in [2.75, 3.05) is 32.7 Å². The molecule has 2 aliphatic rings. The minimum atomic E-state index is -0.480. The molecule has 0 radical (unpaired) electrons. The summed E-state index contributed by atoms with van der Waals surface area (Å²) >= 11 is 1.50. The Morgan fingerprint density at radius 1 is 1.03 bits per heavy atom. The lowest BCUT2D eigenvalue weighted by Crippen LogP contribution is -2.55. The maximum absolute atomic E-state index is 13.2. The molecule has 0 aliphatic carbocycles. The second-order valence-electron chi connectivity index (χ2n) is 9.31. The van der Waals surface area contributed by atoms with Gasteiger partial charge in [-0.05, 0) is 49.8 Å². The van der Waals surface area contributed by atoms with Crippen LogP contribution in [0.4, 0.5) is 4.79 Å². The monoisotopic (exact) mass is 441 g/mol. The van der Waals surface area contributed by atoms with E-state index in [1.807, 2.05) is 49.3 Å². The predicted molar refractivity (Wildman–Crippen MR) is 122 cm³/mol. The zero-order chi connectivity index (χ0) is 22.0. The van der Waals surface area contributed by atoms with Crippen LogP contribution in [0.1, 0.15) is 41.6 Å². The van der Waals surface area contributed by atoms with Gasteiger partial charge >= 0.3 is 6.09 Å². The van der Waals surface area contributed by atoms with Crippen molar-refractivity contribution in [3.63, 3.8) is 0 Å². The smallest absolute Gasteiger partial charge is 0.410 e. The quantitative estimate of drug-likeness (QED) is 0.726. The van der Waals surface area contributed by atoms with Crippen molar-refractivity contribution < 1.29 is 14.3 Å². The fourth-order valence-electron chi connectivity index (χ4n) is 4.27. The highest BCUT2D eigenvalue weighted by atomic mass is 32.1. The molecule has 0 N–H and O–H groups in total. The third kappa shape index (κ3) is 5.28. The minimum Gasteiger partial charge on any atom is -0.444 e. The summed E-state index contributed by atoms with van der Waals surface area (Å²) in [5, 5.41) is 1.95. The summed E-state index contributed by atoms with van der Waals surface area (Å²) in [6.45, 7) is 10.0. The van der Waals surface area contributed by atoms with Crippen LogP contribution in [0.5, 0.6) is 0 Å². The molecule has 31 heavy (non-hydrogen) atoms. The van der Waals surface area contributed by atoms with E-state index in [1.165, 1.54) is 22.5 Å². The Hall–Kier alpha value is -2.38. The van der Waals surface area contributed by atoms with Crippen LogP contribution in [-0.2, 0) is 17.7 Å². The molecule has 4 rings (SSSR count). The summed E-state index contributed by atoms with van der Waals surface area (Å²) in [6.07, 6.45) is 0.618. The Labute approximate surface area is 188 Å². The molecule has 166 valence electrons. The highest BCUT2D eigenvalue weighted by molar-refractivity contribution is 7.12. The van der Waals surface area contributed by atoms with E-state index in [2.05, 4.69) is 23.1 Å². The van der Waals surface area contributed by atoms with Gasteiger partial charge in [-0.15, -0.1) is 11.3 Å². The zero-order valence-corrected chi connectivity index (χ0v) is 19.4. The molecule has 1 atom stereocenters. The first-order valence-corrected chi connectivity index (χ1v) is 11.8.